The van der Waals surface area contributed by atoms with Crippen molar-refractivity contribution in [1.82, 2.24) is 19.7 Å². The molecule has 3 rings (SSSR count). The smallest absolute Gasteiger partial charge is 0.249 e. The van der Waals surface area contributed by atoms with Gasteiger partial charge in [-0.3, -0.25) is 15.1 Å². The number of carbonyl (C=O) groups excluding carboxylic acids is 1. The van der Waals surface area contributed by atoms with Crippen LogP contribution in [0.4, 0.5) is 5.95 Å². The van der Waals surface area contributed by atoms with Crippen LogP contribution in [0, 0.1) is 0 Å². The fraction of sp³-hybridized carbons (Fsp3) is 0.176. The van der Waals surface area contributed by atoms with E-state index in [0.29, 0.717) is 24.6 Å². The minimum absolute atomic E-state index is 0.0965. The second kappa shape index (κ2) is 6.83. The molecule has 3 aromatic rings. The lowest BCUT2D eigenvalue weighted by molar-refractivity contribution is -0.116. The van der Waals surface area contributed by atoms with E-state index >= 15 is 0 Å². The monoisotopic (exact) mass is 307 g/mol. The first-order valence-corrected chi connectivity index (χ1v) is 7.37. The molecule has 0 saturated heterocycles. The minimum atomic E-state index is -0.0965. The Morgan fingerprint density at radius 1 is 1.13 bits per heavy atom. The van der Waals surface area contributed by atoms with Crippen molar-refractivity contribution in [1.29, 1.82) is 0 Å². The predicted octanol–water partition coefficient (Wildman–Crippen LogP) is 2.45. The lowest BCUT2D eigenvalue weighted by Crippen LogP contribution is -2.13. The highest BCUT2D eigenvalue weighted by Crippen LogP contribution is 2.17. The van der Waals surface area contributed by atoms with Crippen LogP contribution in [0.3, 0.4) is 0 Å². The van der Waals surface area contributed by atoms with Gasteiger partial charge >= 0.3 is 0 Å². The lowest BCUT2D eigenvalue weighted by Gasteiger charge is -2.01. The molecule has 23 heavy (non-hydrogen) atoms. The van der Waals surface area contributed by atoms with Crippen molar-refractivity contribution in [3.05, 3.63) is 60.4 Å². The number of aromatic nitrogens is 4. The van der Waals surface area contributed by atoms with E-state index in [1.807, 2.05) is 42.5 Å². The average Bonchev–Trinajstić information content (AvgIpc) is 2.95. The molecular weight excluding hydrogens is 290 g/mol. The number of hydrogen-bond acceptors (Lipinski definition) is 4. The van der Waals surface area contributed by atoms with E-state index in [1.165, 1.54) is 0 Å². The molecule has 1 amide bonds. The second-order valence-corrected chi connectivity index (χ2v) is 5.15. The number of carbonyl (C=O) groups is 1. The van der Waals surface area contributed by atoms with E-state index in [2.05, 4.69) is 20.4 Å². The number of rotatable bonds is 5. The first-order chi connectivity index (χ1) is 11.2. The van der Waals surface area contributed by atoms with Crippen LogP contribution in [0.15, 0.2) is 54.9 Å². The molecule has 0 fully saturated rings. The summed E-state index contributed by atoms with van der Waals surface area (Å²) in [6, 6.07) is 13.6. The molecular formula is C17H17N5O. The van der Waals surface area contributed by atoms with Crippen molar-refractivity contribution in [2.75, 3.05) is 5.32 Å². The molecule has 0 saturated carbocycles. The molecule has 116 valence electrons. The van der Waals surface area contributed by atoms with Gasteiger partial charge in [0, 0.05) is 31.4 Å². The predicted molar refractivity (Wildman–Crippen MR) is 87.6 cm³/mol. The maximum absolute atomic E-state index is 12.0. The molecule has 6 nitrogen and oxygen atoms in total. The zero-order valence-electron chi connectivity index (χ0n) is 12.8. The Kier molecular flexibility index (Phi) is 4.42. The van der Waals surface area contributed by atoms with Gasteiger partial charge in [-0.1, -0.05) is 30.3 Å². The largest absolute Gasteiger partial charge is 0.293 e. The first-order valence-electron chi connectivity index (χ1n) is 7.37. The second-order valence-electron chi connectivity index (χ2n) is 5.15. The molecule has 0 bridgehead atoms. The molecule has 0 aliphatic rings. The number of hydrogen-bond donors (Lipinski definition) is 1. The van der Waals surface area contributed by atoms with Crippen LogP contribution in [-0.4, -0.2) is 25.7 Å². The molecule has 6 heteroatoms. The van der Waals surface area contributed by atoms with Crippen LogP contribution < -0.4 is 5.32 Å². The molecule has 2 aromatic heterocycles. The van der Waals surface area contributed by atoms with Crippen LogP contribution in [0.2, 0.25) is 0 Å². The summed E-state index contributed by atoms with van der Waals surface area (Å²) in [5.74, 6) is 0.906. The van der Waals surface area contributed by atoms with Crippen LogP contribution in [0.25, 0.3) is 11.4 Å². The van der Waals surface area contributed by atoms with Gasteiger partial charge in [-0.15, -0.1) is 5.10 Å². The summed E-state index contributed by atoms with van der Waals surface area (Å²) in [5.41, 5.74) is 2.04. The van der Waals surface area contributed by atoms with Gasteiger partial charge in [0.15, 0.2) is 5.82 Å². The van der Waals surface area contributed by atoms with E-state index in [-0.39, 0.29) is 5.91 Å². The van der Waals surface area contributed by atoms with Crippen molar-refractivity contribution in [3.8, 4) is 11.4 Å². The van der Waals surface area contributed by atoms with Crippen LogP contribution in [0.1, 0.15) is 12.0 Å². The third kappa shape index (κ3) is 3.79. The Hall–Kier alpha value is -3.02. The topological polar surface area (TPSA) is 72.7 Å². The van der Waals surface area contributed by atoms with E-state index in [0.717, 1.165) is 11.1 Å². The highest BCUT2D eigenvalue weighted by Gasteiger charge is 2.11. The third-order valence-electron chi connectivity index (χ3n) is 3.44. The molecule has 1 aromatic carbocycles. The number of amides is 1. The zero-order valence-corrected chi connectivity index (χ0v) is 12.8. The van der Waals surface area contributed by atoms with Crippen molar-refractivity contribution in [2.24, 2.45) is 7.05 Å². The molecule has 0 aliphatic heterocycles. The van der Waals surface area contributed by atoms with Crippen molar-refractivity contribution < 1.29 is 4.79 Å². The summed E-state index contributed by atoms with van der Waals surface area (Å²) < 4.78 is 1.64. The molecule has 0 unspecified atom stereocenters. The normalized spacial score (nSPS) is 10.5. The Balaban J connectivity index is 1.63. The molecule has 0 spiro atoms. The summed E-state index contributed by atoms with van der Waals surface area (Å²) in [6.07, 6.45) is 4.48. The lowest BCUT2D eigenvalue weighted by atomic mass is 10.1. The van der Waals surface area contributed by atoms with Gasteiger partial charge in [0.05, 0.1) is 0 Å². The van der Waals surface area contributed by atoms with E-state index < -0.39 is 0 Å². The van der Waals surface area contributed by atoms with Gasteiger partial charge in [-0.2, -0.15) is 4.98 Å². The quantitative estimate of drug-likeness (QED) is 0.786. The van der Waals surface area contributed by atoms with Crippen LogP contribution in [0.5, 0.6) is 0 Å². The summed E-state index contributed by atoms with van der Waals surface area (Å²) in [7, 11) is 1.79. The van der Waals surface area contributed by atoms with E-state index in [4.69, 9.17) is 0 Å². The number of aryl methyl sites for hydroxylation is 2. The van der Waals surface area contributed by atoms with Crippen LogP contribution >= 0.6 is 0 Å². The molecule has 0 atom stereocenters. The summed E-state index contributed by atoms with van der Waals surface area (Å²) >= 11 is 0. The van der Waals surface area contributed by atoms with Crippen molar-refractivity contribution >= 4 is 11.9 Å². The standard InChI is InChI=1S/C17H17N5O/c1-22-16(14-9-11-18-12-10-14)20-17(21-22)19-15(23)8-7-13-5-3-2-4-6-13/h2-6,9-12H,7-8H2,1H3,(H,19,21,23). The molecule has 0 radical (unpaired) electrons. The van der Waals surface area contributed by atoms with Gasteiger partial charge < -0.3 is 0 Å². The fourth-order valence-corrected chi connectivity index (χ4v) is 2.28. The molecule has 2 heterocycles. The average molecular weight is 307 g/mol. The number of nitrogens with zero attached hydrogens (tertiary/aromatic N) is 4. The fourth-order valence-electron chi connectivity index (χ4n) is 2.28. The number of nitrogens with one attached hydrogen (secondary N) is 1. The van der Waals surface area contributed by atoms with Crippen molar-refractivity contribution in [2.45, 2.75) is 12.8 Å². The van der Waals surface area contributed by atoms with Gasteiger partial charge in [0.25, 0.3) is 0 Å². The SMILES string of the molecule is Cn1nc(NC(=O)CCc2ccccc2)nc1-c1ccncc1. The Morgan fingerprint density at radius 2 is 1.87 bits per heavy atom. The summed E-state index contributed by atoms with van der Waals surface area (Å²) in [6.45, 7) is 0. The van der Waals surface area contributed by atoms with Gasteiger partial charge in [-0.25, -0.2) is 4.68 Å². The van der Waals surface area contributed by atoms with Gasteiger partial charge in [0.1, 0.15) is 0 Å². The summed E-state index contributed by atoms with van der Waals surface area (Å²) in [4.78, 5) is 20.4. The zero-order chi connectivity index (χ0) is 16.1. The number of anilines is 1. The highest BCUT2D eigenvalue weighted by molar-refractivity contribution is 5.89. The Morgan fingerprint density at radius 3 is 2.61 bits per heavy atom. The minimum Gasteiger partial charge on any atom is -0.293 e. The highest BCUT2D eigenvalue weighted by atomic mass is 16.1. The maximum Gasteiger partial charge on any atom is 0.249 e. The first kappa shape index (κ1) is 14.9. The molecule has 0 aliphatic carbocycles. The number of benzene rings is 1. The number of pyridine rings is 1. The van der Waals surface area contributed by atoms with E-state index in [1.54, 1.807) is 24.1 Å². The third-order valence-corrected chi connectivity index (χ3v) is 3.44. The van der Waals surface area contributed by atoms with E-state index in [9.17, 15) is 4.79 Å². The maximum atomic E-state index is 12.0. The van der Waals surface area contributed by atoms with Gasteiger partial charge in [0.2, 0.25) is 11.9 Å². The molecule has 1 N–H and O–H groups in total. The van der Waals surface area contributed by atoms with Crippen molar-refractivity contribution in [3.63, 3.8) is 0 Å². The van der Waals surface area contributed by atoms with Gasteiger partial charge in [-0.05, 0) is 24.1 Å². The Bertz CT molecular complexity index is 783. The summed E-state index contributed by atoms with van der Waals surface area (Å²) in [5, 5.41) is 6.98. The Labute approximate surface area is 134 Å². The van der Waals surface area contributed by atoms with Crippen LogP contribution in [-0.2, 0) is 18.3 Å².